The molecule has 4 heteroatoms. The van der Waals surface area contributed by atoms with Crippen molar-refractivity contribution in [3.63, 3.8) is 0 Å². The lowest BCUT2D eigenvalue weighted by Gasteiger charge is -2.15. The third-order valence-electron chi connectivity index (χ3n) is 2.85. The van der Waals surface area contributed by atoms with Gasteiger partial charge >= 0.3 is 0 Å². The fourth-order valence-corrected chi connectivity index (χ4v) is 1.73. The number of phenolic OH excluding ortho intramolecular Hbond substituents is 1. The number of amides is 1. The first kappa shape index (κ1) is 13.1. The molecule has 3 N–H and O–H groups in total. The lowest BCUT2D eigenvalue weighted by atomic mass is 10.1. The Hall–Kier alpha value is -2.33. The number of benzene rings is 2. The molecule has 0 saturated carbocycles. The van der Waals surface area contributed by atoms with Crippen LogP contribution in [0.1, 0.15) is 28.9 Å². The number of hydrazine groups is 1. The average Bonchev–Trinajstić information content (AvgIpc) is 2.46. The number of hydrogen-bond acceptors (Lipinski definition) is 3. The van der Waals surface area contributed by atoms with E-state index in [1.807, 2.05) is 37.3 Å². The van der Waals surface area contributed by atoms with Crippen molar-refractivity contribution in [3.05, 3.63) is 65.7 Å². The summed E-state index contributed by atoms with van der Waals surface area (Å²) in [5.41, 5.74) is 6.82. The van der Waals surface area contributed by atoms with Gasteiger partial charge in [-0.3, -0.25) is 10.2 Å². The standard InChI is InChI=1S/C15H16N2O2/c1-11(12-7-3-2-4-8-12)16-17-15(19)13-9-5-6-10-14(13)18/h2-11,16,18H,1H3,(H,17,19)/t11-/m1/s1. The summed E-state index contributed by atoms with van der Waals surface area (Å²) in [5.74, 6) is -0.393. The summed E-state index contributed by atoms with van der Waals surface area (Å²) in [4.78, 5) is 11.9. The van der Waals surface area contributed by atoms with Crippen molar-refractivity contribution >= 4 is 5.91 Å². The maximum Gasteiger partial charge on any atom is 0.269 e. The van der Waals surface area contributed by atoms with Gasteiger partial charge in [0.1, 0.15) is 5.75 Å². The van der Waals surface area contributed by atoms with Crippen molar-refractivity contribution in [2.45, 2.75) is 13.0 Å². The highest BCUT2D eigenvalue weighted by molar-refractivity contribution is 5.96. The van der Waals surface area contributed by atoms with Gasteiger partial charge in [0.25, 0.3) is 5.91 Å². The van der Waals surface area contributed by atoms with Crippen LogP contribution in [0.4, 0.5) is 0 Å². The molecule has 0 saturated heterocycles. The number of para-hydroxylation sites is 1. The first-order valence-electron chi connectivity index (χ1n) is 6.07. The maximum atomic E-state index is 11.9. The number of nitrogens with one attached hydrogen (secondary N) is 2. The molecule has 0 radical (unpaired) electrons. The van der Waals surface area contributed by atoms with Crippen LogP contribution in [-0.2, 0) is 0 Å². The molecule has 0 heterocycles. The summed E-state index contributed by atoms with van der Waals surface area (Å²) in [6.07, 6.45) is 0. The summed E-state index contributed by atoms with van der Waals surface area (Å²) in [7, 11) is 0. The molecule has 0 fully saturated rings. The summed E-state index contributed by atoms with van der Waals surface area (Å²) >= 11 is 0. The number of phenols is 1. The Balaban J connectivity index is 1.96. The predicted octanol–water partition coefficient (Wildman–Crippen LogP) is 2.39. The quantitative estimate of drug-likeness (QED) is 0.736. The fraction of sp³-hybridized carbons (Fsp3) is 0.133. The Kier molecular flexibility index (Phi) is 4.15. The molecule has 0 spiro atoms. The van der Waals surface area contributed by atoms with Crippen LogP contribution in [0.5, 0.6) is 5.75 Å². The number of aromatic hydroxyl groups is 1. The Morgan fingerprint density at radius 2 is 1.68 bits per heavy atom. The largest absolute Gasteiger partial charge is 0.507 e. The third-order valence-corrected chi connectivity index (χ3v) is 2.85. The Morgan fingerprint density at radius 3 is 2.37 bits per heavy atom. The van der Waals surface area contributed by atoms with Crippen LogP contribution in [0.15, 0.2) is 54.6 Å². The molecule has 4 nitrogen and oxygen atoms in total. The van der Waals surface area contributed by atoms with Crippen molar-refractivity contribution in [1.29, 1.82) is 0 Å². The van der Waals surface area contributed by atoms with E-state index in [1.165, 1.54) is 6.07 Å². The van der Waals surface area contributed by atoms with E-state index in [2.05, 4.69) is 10.9 Å². The highest BCUT2D eigenvalue weighted by Crippen LogP contribution is 2.15. The van der Waals surface area contributed by atoms with Gasteiger partial charge < -0.3 is 5.11 Å². The first-order valence-corrected chi connectivity index (χ1v) is 6.07. The van der Waals surface area contributed by atoms with E-state index < -0.39 is 0 Å². The highest BCUT2D eigenvalue weighted by atomic mass is 16.3. The molecule has 0 aliphatic heterocycles. The molecular formula is C15H16N2O2. The van der Waals surface area contributed by atoms with Crippen molar-refractivity contribution in [3.8, 4) is 5.75 Å². The molecule has 0 aliphatic rings. The lowest BCUT2D eigenvalue weighted by molar-refractivity contribution is 0.0923. The van der Waals surface area contributed by atoms with Crippen molar-refractivity contribution in [1.82, 2.24) is 10.9 Å². The van der Waals surface area contributed by atoms with Gasteiger partial charge in [0.05, 0.1) is 5.56 Å². The molecule has 0 unspecified atom stereocenters. The zero-order valence-electron chi connectivity index (χ0n) is 10.6. The van der Waals surface area contributed by atoms with Gasteiger partial charge in [0.15, 0.2) is 0 Å². The summed E-state index contributed by atoms with van der Waals surface area (Å²) in [5, 5.41) is 9.57. The molecule has 0 bridgehead atoms. The molecule has 0 aromatic heterocycles. The zero-order chi connectivity index (χ0) is 13.7. The minimum Gasteiger partial charge on any atom is -0.507 e. The van der Waals surface area contributed by atoms with Crippen LogP contribution in [0, 0.1) is 0 Å². The number of hydrogen-bond donors (Lipinski definition) is 3. The smallest absolute Gasteiger partial charge is 0.269 e. The molecular weight excluding hydrogens is 240 g/mol. The zero-order valence-corrected chi connectivity index (χ0v) is 10.6. The van der Waals surface area contributed by atoms with Crippen LogP contribution in [0.2, 0.25) is 0 Å². The monoisotopic (exact) mass is 256 g/mol. The van der Waals surface area contributed by atoms with Crippen LogP contribution in [0.25, 0.3) is 0 Å². The van der Waals surface area contributed by atoms with E-state index in [-0.39, 0.29) is 23.3 Å². The lowest BCUT2D eigenvalue weighted by Crippen LogP contribution is -2.39. The minimum absolute atomic E-state index is 0.0176. The summed E-state index contributed by atoms with van der Waals surface area (Å²) in [6.45, 7) is 1.94. The van der Waals surface area contributed by atoms with Gasteiger partial charge in [-0.1, -0.05) is 42.5 Å². The van der Waals surface area contributed by atoms with E-state index in [9.17, 15) is 9.90 Å². The predicted molar refractivity (Wildman–Crippen MR) is 73.6 cm³/mol. The van der Waals surface area contributed by atoms with Gasteiger partial charge in [-0.2, -0.15) is 0 Å². The Bertz CT molecular complexity index is 555. The molecule has 2 rings (SSSR count). The number of rotatable bonds is 4. The van der Waals surface area contributed by atoms with Gasteiger partial charge in [-0.25, -0.2) is 5.43 Å². The summed E-state index contributed by atoms with van der Waals surface area (Å²) < 4.78 is 0. The molecule has 98 valence electrons. The second-order valence-electron chi connectivity index (χ2n) is 4.25. The molecule has 2 aromatic carbocycles. The SMILES string of the molecule is C[C@@H](NNC(=O)c1ccccc1O)c1ccccc1. The van der Waals surface area contributed by atoms with Gasteiger partial charge in [-0.05, 0) is 24.6 Å². The second kappa shape index (κ2) is 6.02. The second-order valence-corrected chi connectivity index (χ2v) is 4.25. The van der Waals surface area contributed by atoms with E-state index in [1.54, 1.807) is 18.2 Å². The van der Waals surface area contributed by atoms with Crippen LogP contribution in [-0.4, -0.2) is 11.0 Å². The summed E-state index contributed by atoms with van der Waals surface area (Å²) in [6, 6.07) is 16.2. The molecule has 0 aliphatic carbocycles. The van der Waals surface area contributed by atoms with Gasteiger partial charge in [0.2, 0.25) is 0 Å². The van der Waals surface area contributed by atoms with Gasteiger partial charge in [0, 0.05) is 6.04 Å². The van der Waals surface area contributed by atoms with Gasteiger partial charge in [-0.15, -0.1) is 0 Å². The van der Waals surface area contributed by atoms with E-state index in [0.717, 1.165) is 5.56 Å². The fourth-order valence-electron chi connectivity index (χ4n) is 1.73. The molecule has 19 heavy (non-hydrogen) atoms. The normalized spacial score (nSPS) is 11.8. The van der Waals surface area contributed by atoms with E-state index in [0.29, 0.717) is 0 Å². The topological polar surface area (TPSA) is 61.4 Å². The van der Waals surface area contributed by atoms with Crippen LogP contribution in [0.3, 0.4) is 0 Å². The third kappa shape index (κ3) is 3.33. The number of carbonyl (C=O) groups excluding carboxylic acids is 1. The minimum atomic E-state index is -0.360. The van der Waals surface area contributed by atoms with Crippen LogP contribution < -0.4 is 10.9 Å². The van der Waals surface area contributed by atoms with Crippen molar-refractivity contribution < 1.29 is 9.90 Å². The Labute approximate surface area is 112 Å². The van der Waals surface area contributed by atoms with E-state index in [4.69, 9.17) is 0 Å². The first-order chi connectivity index (χ1) is 9.18. The van der Waals surface area contributed by atoms with Crippen molar-refractivity contribution in [2.75, 3.05) is 0 Å². The average molecular weight is 256 g/mol. The maximum absolute atomic E-state index is 11.9. The molecule has 1 amide bonds. The highest BCUT2D eigenvalue weighted by Gasteiger charge is 2.11. The van der Waals surface area contributed by atoms with Crippen LogP contribution >= 0.6 is 0 Å². The van der Waals surface area contributed by atoms with E-state index >= 15 is 0 Å². The molecule has 1 atom stereocenters. The Morgan fingerprint density at radius 1 is 1.05 bits per heavy atom. The number of carbonyl (C=O) groups is 1. The molecule has 2 aromatic rings. The van der Waals surface area contributed by atoms with Crippen molar-refractivity contribution in [2.24, 2.45) is 0 Å².